The summed E-state index contributed by atoms with van der Waals surface area (Å²) < 4.78 is 99.1. The summed E-state index contributed by atoms with van der Waals surface area (Å²) in [7, 11) is 24.8. The molecule has 0 saturated carbocycles. The van der Waals surface area contributed by atoms with Crippen molar-refractivity contribution in [3.8, 4) is 0 Å². The molecule has 12 unspecified atom stereocenters. The van der Waals surface area contributed by atoms with Gasteiger partial charge in [-0.05, 0) is 121 Å². The summed E-state index contributed by atoms with van der Waals surface area (Å²) >= 11 is 0. The van der Waals surface area contributed by atoms with E-state index in [4.69, 9.17) is 132 Å². The molecule has 24 atom stereocenters. The Kier molecular flexibility index (Phi) is 36.8. The molecule has 0 aromatic rings. The van der Waals surface area contributed by atoms with Crippen molar-refractivity contribution in [1.82, 2.24) is 0 Å². The van der Waals surface area contributed by atoms with Gasteiger partial charge in [0.05, 0.1) is 78.0 Å². The highest BCUT2D eigenvalue weighted by molar-refractivity contribution is 7.67. The molecular formula is C63H110B6O30P6. The Morgan fingerprint density at radius 3 is 1.24 bits per heavy atom. The largest absolute Gasteiger partial charge is 0.379 e. The maximum absolute atomic E-state index is 9.31. The highest BCUT2D eigenvalue weighted by atomic mass is 31.2. The molecule has 12 radical (unpaired) electrons. The second-order valence-electron chi connectivity index (χ2n) is 26.3. The highest BCUT2D eigenvalue weighted by Crippen LogP contribution is 2.50. The Labute approximate surface area is 628 Å². The third kappa shape index (κ3) is 25.5. The van der Waals surface area contributed by atoms with Crippen LogP contribution in [0.4, 0.5) is 0 Å². The van der Waals surface area contributed by atoms with Crippen LogP contribution in [-0.4, -0.2) is 369 Å². The monoisotopic (exact) mass is 1600 g/mol. The zero-order valence-electron chi connectivity index (χ0n) is 57.2. The summed E-state index contributed by atoms with van der Waals surface area (Å²) in [6.07, 6.45) is 28.3. The average Bonchev–Trinajstić information content (AvgIpc) is 1.65. The fourth-order valence-corrected chi connectivity index (χ4v) is 16.5. The van der Waals surface area contributed by atoms with Gasteiger partial charge in [-0.2, -0.15) is 0 Å². The summed E-state index contributed by atoms with van der Waals surface area (Å²) in [6, 6.07) is -2.65. The van der Waals surface area contributed by atoms with Crippen LogP contribution >= 0.6 is 44.0 Å². The maximum atomic E-state index is 9.31. The number of fused-ring (bicyclic) bond motifs is 14. The van der Waals surface area contributed by atoms with Crippen LogP contribution in [0.3, 0.4) is 0 Å². The Bertz CT molecular complexity index is 3190. The van der Waals surface area contributed by atoms with Crippen LogP contribution in [0.25, 0.3) is 0 Å². The van der Waals surface area contributed by atoms with Gasteiger partial charge in [0, 0.05) is 98.5 Å². The van der Waals surface area contributed by atoms with Crippen molar-refractivity contribution in [3.63, 3.8) is 0 Å². The molecule has 590 valence electrons. The van der Waals surface area contributed by atoms with E-state index in [1.54, 1.807) is 73.0 Å². The van der Waals surface area contributed by atoms with Crippen LogP contribution in [-0.2, 0) is 85.3 Å². The van der Waals surface area contributed by atoms with E-state index in [-0.39, 0.29) is 109 Å². The molecule has 0 aromatic heterocycles. The van der Waals surface area contributed by atoms with Crippen molar-refractivity contribution >= 4 is 129 Å². The van der Waals surface area contributed by atoms with Crippen LogP contribution in [0.2, 0.25) is 5.82 Å². The number of hydrogen-bond acceptors (Lipinski definition) is 30. The first-order valence-corrected chi connectivity index (χ1v) is 43.2. The van der Waals surface area contributed by atoms with E-state index < -0.39 is 108 Å². The first-order valence-electron chi connectivity index (χ1n) is 31.5. The lowest BCUT2D eigenvalue weighted by atomic mass is 9.76. The molecule has 12 N–H and O–H groups in total. The second-order valence-corrected chi connectivity index (χ2v) is 37.5. The minimum atomic E-state index is -3.24. The zero-order valence-corrected chi connectivity index (χ0v) is 62.6. The fourth-order valence-electron chi connectivity index (χ4n) is 13.5. The Balaban J connectivity index is 0.000000325. The number of rotatable bonds is 18. The quantitative estimate of drug-likeness (QED) is 0.0678. The molecule has 0 aromatic carbocycles. The van der Waals surface area contributed by atoms with Gasteiger partial charge in [0.25, 0.3) is 0 Å². The van der Waals surface area contributed by atoms with E-state index in [0.717, 1.165) is 0 Å². The van der Waals surface area contributed by atoms with Crippen molar-refractivity contribution in [2.24, 2.45) is 0 Å². The molecule has 12 bridgehead atoms. The van der Waals surface area contributed by atoms with E-state index in [2.05, 4.69) is 37.8 Å². The van der Waals surface area contributed by atoms with E-state index >= 15 is 0 Å². The lowest BCUT2D eigenvalue weighted by Gasteiger charge is -2.52. The van der Waals surface area contributed by atoms with Gasteiger partial charge < -0.3 is 144 Å². The third-order valence-electron chi connectivity index (χ3n) is 18.2. The van der Waals surface area contributed by atoms with Gasteiger partial charge >= 0.3 is 0 Å². The molecule has 14 heterocycles. The van der Waals surface area contributed by atoms with Gasteiger partial charge in [-0.15, -0.1) is 0 Å². The summed E-state index contributed by atoms with van der Waals surface area (Å²) in [6.45, 7) is 2.36. The van der Waals surface area contributed by atoms with Crippen molar-refractivity contribution in [2.75, 3.05) is 88.9 Å². The van der Waals surface area contributed by atoms with Crippen LogP contribution in [0, 0.1) is 0 Å². The van der Waals surface area contributed by atoms with Crippen molar-refractivity contribution in [1.29, 1.82) is 0 Å². The van der Waals surface area contributed by atoms with E-state index in [1.807, 2.05) is 0 Å². The van der Waals surface area contributed by atoms with Crippen molar-refractivity contribution in [3.05, 3.63) is 71.4 Å². The van der Waals surface area contributed by atoms with E-state index in [0.29, 0.717) is 71.9 Å². The molecule has 0 aliphatic carbocycles. The maximum Gasteiger partial charge on any atom is 0.138 e. The number of hydrogen-bond donors (Lipinski definition) is 12. The Hall–Kier alpha value is -0.570. The minimum Gasteiger partial charge on any atom is -0.379 e. The van der Waals surface area contributed by atoms with Crippen LogP contribution < -0.4 is 0 Å². The summed E-state index contributed by atoms with van der Waals surface area (Å²) in [5, 5.41) is 0. The lowest BCUT2D eigenvalue weighted by molar-refractivity contribution is -0.273. The molecule has 105 heavy (non-hydrogen) atoms. The Morgan fingerprint density at radius 2 is 0.752 bits per heavy atom. The summed E-state index contributed by atoms with van der Waals surface area (Å²) in [5.74, 6) is 7.32. The van der Waals surface area contributed by atoms with Crippen LogP contribution in [0.5, 0.6) is 0 Å². The fraction of sp³-hybridized carbons (Fsp3) is 0.714. The molecule has 30 nitrogen and oxygen atoms in total. The SMILES string of the molecule is C.C.C.C.[B]C1CC2OCC(/C=C/P(=C)(O)O)(O1)C2OC.[B]C1COC2(/C=C/P(=C)(O)O)COC1C2OC.[B]C1O[C@@]2(/C=C/P(=C)(O)O)CO[C@@H]1C[C@@H]2OC.[B]C1O[C@@]2(/C=C/P(=C)(O)O)CO[C@@H]1[C@H](OC)C2.[B][C@@H]1O[C@@]2(/C=C/P(=C)(O)O)CCO[C@H]1C2OC.[B][C@@H]1O[C@@]2(/C=C/P(=C)(O)O)CO[C@H]1C2OC. The molecule has 14 aliphatic heterocycles. The number of methoxy groups -OCH3 is 6. The predicted octanol–water partition coefficient (Wildman–Crippen LogP) is 1.22. The molecule has 14 aliphatic rings. The normalized spacial score (nSPS) is 40.7. The summed E-state index contributed by atoms with van der Waals surface area (Å²) in [4.78, 5) is 111. The summed E-state index contributed by atoms with van der Waals surface area (Å²) in [5.41, 5.74) is -4.80. The molecule has 0 spiro atoms. The Morgan fingerprint density at radius 1 is 0.371 bits per heavy atom. The predicted molar refractivity (Wildman–Crippen MR) is 419 cm³/mol. The zero-order chi connectivity index (χ0) is 75.4. The van der Waals surface area contributed by atoms with Gasteiger partial charge in [-0.1, -0.05) is 29.7 Å². The molecule has 14 fully saturated rings. The first kappa shape index (κ1) is 98.6. The second kappa shape index (κ2) is 39.2. The first-order chi connectivity index (χ1) is 46.7. The molecule has 14 rings (SSSR count). The van der Waals surface area contributed by atoms with Gasteiger partial charge in [0.15, 0.2) is 0 Å². The van der Waals surface area contributed by atoms with Crippen LogP contribution in [0.15, 0.2) is 71.4 Å². The minimum absolute atomic E-state index is 0. The topological polar surface area (TPSA) is 409 Å². The molecule has 14 saturated heterocycles. The van der Waals surface area contributed by atoms with E-state index in [1.165, 1.54) is 41.0 Å². The van der Waals surface area contributed by atoms with Crippen molar-refractivity contribution in [2.45, 2.75) is 198 Å². The highest BCUT2D eigenvalue weighted by Gasteiger charge is 2.61. The number of ether oxygens (including phenoxy) is 18. The standard InChI is InChI=1S/5C10H16BO5P.C9H14BO5P.4CH4/c1-14-8-7-9(11)16-10(8,3-5-15-7)4-6-17(2,12)13;1-14-9-8-7(11)5-16-10(9,6-15-8)3-4-17(2,12)13;1-14-7-5-10(3-4-17(2,12)13)6-15-8(7)9(11)16-10;1-14-9-7-5-8(11)16-10(9,6-15-7)3-4-17(2,12)13;1-14-8-5-7-9(11)16-10(8,6-15-7)3-4-17(2,12)13;1-13-7-6-8(10)15-9(7,5-14-6)3-4-16(2,11)12;;;;/h4,6-9,12-13H,2-3,5H2,1H3;4*3-4,7-9,12-13H,2,5-6H2,1H3;3-4,6-8,11-12H,2,5H2,1H3;4*1H4/b6-4+;5*4-3+;;;;/t7-,8?,9+,10+;;7-,8-,9?,10-;;7-,8+,9?,10+;6-,7?,8+,9-;;;;/m0.1.10..../s1. The average molecular weight is 1600 g/mol. The van der Waals surface area contributed by atoms with Gasteiger partial charge in [0.1, 0.15) is 160 Å². The van der Waals surface area contributed by atoms with Crippen molar-refractivity contribution < 1.29 is 144 Å². The molecule has 42 heteroatoms. The smallest absolute Gasteiger partial charge is 0.138 e. The third-order valence-corrected chi connectivity index (χ3v) is 22.0. The lowest BCUT2D eigenvalue weighted by Crippen LogP contribution is -2.64. The van der Waals surface area contributed by atoms with Gasteiger partial charge in [0.2, 0.25) is 0 Å². The van der Waals surface area contributed by atoms with Crippen LogP contribution in [0.1, 0.15) is 55.4 Å². The van der Waals surface area contributed by atoms with Gasteiger partial charge in [-0.25, -0.2) is 0 Å². The van der Waals surface area contributed by atoms with E-state index in [9.17, 15) is 58.7 Å². The van der Waals surface area contributed by atoms with Gasteiger partial charge in [-0.3, -0.25) is 0 Å². The molecule has 0 amide bonds. The molecular weight excluding hydrogens is 1490 g/mol.